The molecule has 2 saturated heterocycles. The summed E-state index contributed by atoms with van der Waals surface area (Å²) in [6.45, 7) is 3.19. The van der Waals surface area contributed by atoms with E-state index in [1.807, 2.05) is 21.6 Å². The molecule has 2 aliphatic heterocycles. The van der Waals surface area contributed by atoms with Crippen molar-refractivity contribution in [3.05, 3.63) is 24.2 Å². The van der Waals surface area contributed by atoms with Crippen molar-refractivity contribution in [3.8, 4) is 0 Å². The quantitative estimate of drug-likeness (QED) is 0.510. The number of sulfone groups is 1. The molecule has 1 unspecified atom stereocenters. The van der Waals surface area contributed by atoms with E-state index in [1.165, 1.54) is 11.8 Å². The van der Waals surface area contributed by atoms with Crippen LogP contribution in [0.25, 0.3) is 0 Å². The van der Waals surface area contributed by atoms with E-state index in [4.69, 9.17) is 9.15 Å². The van der Waals surface area contributed by atoms with Crippen molar-refractivity contribution in [1.82, 2.24) is 19.7 Å². The van der Waals surface area contributed by atoms with E-state index in [2.05, 4.69) is 15.1 Å². The molecular formula is C20H27N5O5S2. The van der Waals surface area contributed by atoms with Crippen LogP contribution in [0.5, 0.6) is 0 Å². The molecule has 2 aromatic heterocycles. The predicted molar refractivity (Wildman–Crippen MR) is 119 cm³/mol. The number of carbonyl (C=O) groups excluding carboxylic acids is 1. The maximum atomic E-state index is 13.1. The Balaban J connectivity index is 1.32. The van der Waals surface area contributed by atoms with E-state index in [9.17, 15) is 13.2 Å². The molecule has 0 bridgehead atoms. The molecule has 1 aliphatic carbocycles. The number of carbonyl (C=O) groups is 1. The lowest BCUT2D eigenvalue weighted by atomic mass is 10.2. The van der Waals surface area contributed by atoms with Crippen LogP contribution in [0.2, 0.25) is 0 Å². The maximum Gasteiger partial charge on any atom is 0.233 e. The molecule has 174 valence electrons. The summed E-state index contributed by atoms with van der Waals surface area (Å²) in [5.41, 5.74) is 0. The van der Waals surface area contributed by atoms with Crippen LogP contribution in [0, 0.1) is 0 Å². The Labute approximate surface area is 191 Å². The highest BCUT2D eigenvalue weighted by atomic mass is 32.2. The summed E-state index contributed by atoms with van der Waals surface area (Å²) in [6, 6.07) is 3.71. The number of thioether (sulfide) groups is 1. The minimum Gasteiger partial charge on any atom is -0.467 e. The van der Waals surface area contributed by atoms with Crippen LogP contribution in [0.1, 0.15) is 25.0 Å². The van der Waals surface area contributed by atoms with Gasteiger partial charge in [-0.2, -0.15) is 0 Å². The fourth-order valence-electron chi connectivity index (χ4n) is 4.34. The van der Waals surface area contributed by atoms with Crippen LogP contribution in [0.4, 0.5) is 5.95 Å². The molecule has 3 fully saturated rings. The number of nitrogens with zero attached hydrogens (tertiary/aromatic N) is 5. The number of furan rings is 1. The van der Waals surface area contributed by atoms with Crippen LogP contribution in [0.3, 0.4) is 0 Å². The van der Waals surface area contributed by atoms with Crippen molar-refractivity contribution in [2.45, 2.75) is 43.0 Å². The fraction of sp³-hybridized carbons (Fsp3) is 0.650. The van der Waals surface area contributed by atoms with E-state index >= 15 is 0 Å². The zero-order chi connectivity index (χ0) is 22.1. The summed E-state index contributed by atoms with van der Waals surface area (Å²) in [5, 5.41) is 9.42. The average molecular weight is 482 g/mol. The second-order valence-electron chi connectivity index (χ2n) is 8.43. The summed E-state index contributed by atoms with van der Waals surface area (Å²) < 4.78 is 36.9. The summed E-state index contributed by atoms with van der Waals surface area (Å²) in [5.74, 6) is 1.94. The molecule has 4 heterocycles. The molecule has 10 nitrogen and oxygen atoms in total. The second-order valence-corrected chi connectivity index (χ2v) is 11.6. The van der Waals surface area contributed by atoms with Gasteiger partial charge in [-0.3, -0.25) is 9.36 Å². The number of anilines is 1. The Kier molecular flexibility index (Phi) is 6.17. The predicted octanol–water partition coefficient (Wildman–Crippen LogP) is 1.03. The number of ether oxygens (including phenoxy) is 1. The highest BCUT2D eigenvalue weighted by molar-refractivity contribution is 7.99. The van der Waals surface area contributed by atoms with Crippen molar-refractivity contribution in [1.29, 1.82) is 0 Å². The third-order valence-electron chi connectivity index (χ3n) is 6.04. The van der Waals surface area contributed by atoms with Gasteiger partial charge >= 0.3 is 0 Å². The van der Waals surface area contributed by atoms with Crippen LogP contribution >= 0.6 is 11.8 Å². The number of amides is 1. The van der Waals surface area contributed by atoms with Crippen molar-refractivity contribution < 1.29 is 22.4 Å². The molecule has 5 rings (SSSR count). The van der Waals surface area contributed by atoms with E-state index in [-0.39, 0.29) is 35.2 Å². The topological polar surface area (TPSA) is 111 Å². The number of aromatic nitrogens is 3. The monoisotopic (exact) mass is 481 g/mol. The Hall–Kier alpha value is -2.05. The third kappa shape index (κ3) is 4.81. The number of hydrogen-bond acceptors (Lipinski definition) is 9. The second kappa shape index (κ2) is 9.06. The highest BCUT2D eigenvalue weighted by Gasteiger charge is 2.42. The highest BCUT2D eigenvalue weighted by Crippen LogP contribution is 2.33. The Morgan fingerprint density at radius 2 is 2.00 bits per heavy atom. The van der Waals surface area contributed by atoms with Crippen LogP contribution in [0.15, 0.2) is 28.0 Å². The first-order valence-electron chi connectivity index (χ1n) is 10.9. The van der Waals surface area contributed by atoms with Gasteiger partial charge in [0.25, 0.3) is 0 Å². The van der Waals surface area contributed by atoms with Crippen LogP contribution < -0.4 is 4.90 Å². The maximum absolute atomic E-state index is 13.1. The summed E-state index contributed by atoms with van der Waals surface area (Å²) in [6.07, 6.45) is 4.06. The van der Waals surface area contributed by atoms with E-state index in [0.29, 0.717) is 31.3 Å². The van der Waals surface area contributed by atoms with Gasteiger partial charge in [-0.05, 0) is 31.4 Å². The molecule has 1 atom stereocenters. The molecule has 0 radical (unpaired) electrons. The molecule has 3 aliphatic rings. The average Bonchev–Trinajstić information content (AvgIpc) is 3.16. The first-order valence-corrected chi connectivity index (χ1v) is 13.7. The van der Waals surface area contributed by atoms with Gasteiger partial charge in [0.2, 0.25) is 11.9 Å². The normalized spacial score (nSPS) is 22.9. The van der Waals surface area contributed by atoms with Gasteiger partial charge in [0.1, 0.15) is 5.76 Å². The lowest BCUT2D eigenvalue weighted by molar-refractivity contribution is -0.130. The van der Waals surface area contributed by atoms with Crippen molar-refractivity contribution in [2.24, 2.45) is 0 Å². The van der Waals surface area contributed by atoms with Gasteiger partial charge in [-0.1, -0.05) is 11.8 Å². The number of morpholine rings is 1. The minimum atomic E-state index is -3.05. The van der Waals surface area contributed by atoms with Crippen molar-refractivity contribution >= 4 is 33.5 Å². The SMILES string of the molecule is O=C(CSc1nnc(N2CCOCC2)n1Cc1ccco1)N(C1CC1)C1CCS(=O)(=O)C1. The van der Waals surface area contributed by atoms with Gasteiger partial charge in [-0.25, -0.2) is 8.42 Å². The minimum absolute atomic E-state index is 0.0277. The van der Waals surface area contributed by atoms with Gasteiger partial charge in [0.05, 0.1) is 43.3 Å². The Bertz CT molecular complexity index is 1040. The molecule has 0 spiro atoms. The Morgan fingerprint density at radius 3 is 2.66 bits per heavy atom. The van der Waals surface area contributed by atoms with Crippen LogP contribution in [-0.2, 0) is 25.9 Å². The van der Waals surface area contributed by atoms with Gasteiger partial charge in [-0.15, -0.1) is 10.2 Å². The van der Waals surface area contributed by atoms with E-state index in [1.54, 1.807) is 6.26 Å². The standard InChI is InChI=1S/C20H27N5O5S2/c26-18(25(15-3-4-15)16-5-11-32(27,28)14-16)13-31-20-22-21-19(23-6-9-29-10-7-23)24(20)12-17-2-1-8-30-17/h1-2,8,15-16H,3-7,9-14H2. The van der Waals surface area contributed by atoms with Gasteiger partial charge in [0, 0.05) is 25.2 Å². The first-order chi connectivity index (χ1) is 15.5. The molecule has 1 saturated carbocycles. The Morgan fingerprint density at radius 1 is 1.19 bits per heavy atom. The van der Waals surface area contributed by atoms with E-state index < -0.39 is 9.84 Å². The summed E-state index contributed by atoms with van der Waals surface area (Å²) in [4.78, 5) is 17.1. The molecule has 1 amide bonds. The zero-order valence-corrected chi connectivity index (χ0v) is 19.4. The number of hydrogen-bond donors (Lipinski definition) is 0. The van der Waals surface area contributed by atoms with Crippen LogP contribution in [-0.4, -0.2) is 89.6 Å². The molecule has 2 aromatic rings. The summed E-state index contributed by atoms with van der Waals surface area (Å²) >= 11 is 1.34. The molecular weight excluding hydrogens is 454 g/mol. The lowest BCUT2D eigenvalue weighted by Gasteiger charge is -2.28. The largest absolute Gasteiger partial charge is 0.467 e. The van der Waals surface area contributed by atoms with E-state index in [0.717, 1.165) is 37.6 Å². The lowest BCUT2D eigenvalue weighted by Crippen LogP contribution is -2.43. The molecule has 32 heavy (non-hydrogen) atoms. The third-order valence-corrected chi connectivity index (χ3v) is 8.74. The zero-order valence-electron chi connectivity index (χ0n) is 17.8. The van der Waals surface area contributed by atoms with Crippen molar-refractivity contribution in [3.63, 3.8) is 0 Å². The van der Waals surface area contributed by atoms with Gasteiger partial charge in [0.15, 0.2) is 15.0 Å². The first kappa shape index (κ1) is 21.8. The number of rotatable bonds is 8. The molecule has 0 aromatic carbocycles. The smallest absolute Gasteiger partial charge is 0.233 e. The fourth-order valence-corrected chi connectivity index (χ4v) is 6.85. The summed E-state index contributed by atoms with van der Waals surface area (Å²) in [7, 11) is -3.05. The van der Waals surface area contributed by atoms with Gasteiger partial charge < -0.3 is 19.0 Å². The molecule has 12 heteroatoms. The molecule has 0 N–H and O–H groups in total. The van der Waals surface area contributed by atoms with Crippen molar-refractivity contribution in [2.75, 3.05) is 48.5 Å².